The summed E-state index contributed by atoms with van der Waals surface area (Å²) in [5.74, 6) is 1.07. The molecule has 12 heteroatoms. The van der Waals surface area contributed by atoms with E-state index < -0.39 is 10.0 Å². The number of nitrogens with zero attached hydrogens (tertiary/aromatic N) is 4. The lowest BCUT2D eigenvalue weighted by Gasteiger charge is -2.21. The molecule has 2 heterocycles. The van der Waals surface area contributed by atoms with E-state index >= 15 is 0 Å². The Morgan fingerprint density at radius 1 is 0.936 bits per heavy atom. The Labute approximate surface area is 286 Å². The molecule has 9 nitrogen and oxygen atoms in total. The third kappa shape index (κ3) is 7.62. The van der Waals surface area contributed by atoms with Crippen molar-refractivity contribution >= 4 is 50.3 Å². The molecule has 0 unspecified atom stereocenters. The Morgan fingerprint density at radius 3 is 2.34 bits per heavy atom. The van der Waals surface area contributed by atoms with Gasteiger partial charge in [-0.15, -0.1) is 0 Å². The second kappa shape index (κ2) is 15.3. The monoisotopic (exact) mass is 690 g/mol. The molecule has 0 spiro atoms. The van der Waals surface area contributed by atoms with Gasteiger partial charge in [0.1, 0.15) is 10.0 Å². The van der Waals surface area contributed by atoms with Crippen LogP contribution in [0.25, 0.3) is 23.0 Å². The molecule has 0 radical (unpaired) electrons. The summed E-state index contributed by atoms with van der Waals surface area (Å²) in [5.41, 5.74) is 3.67. The lowest BCUT2D eigenvalue weighted by molar-refractivity contribution is -0.122. The van der Waals surface area contributed by atoms with Crippen LogP contribution in [0.4, 0.5) is 0 Å². The molecule has 0 saturated carbocycles. The first-order valence-corrected chi connectivity index (χ1v) is 18.1. The Kier molecular flexibility index (Phi) is 11.2. The predicted octanol–water partition coefficient (Wildman–Crippen LogP) is 6.81. The summed E-state index contributed by atoms with van der Waals surface area (Å²) in [6.07, 6.45) is 5.65. The van der Waals surface area contributed by atoms with Crippen LogP contribution in [-0.2, 0) is 21.2 Å². The minimum absolute atomic E-state index is 0.190. The van der Waals surface area contributed by atoms with Crippen LogP contribution in [0, 0.1) is 0 Å². The van der Waals surface area contributed by atoms with Gasteiger partial charge in [-0.1, -0.05) is 74.2 Å². The van der Waals surface area contributed by atoms with Crippen LogP contribution < -0.4 is 9.47 Å². The Balaban J connectivity index is 1.48. The van der Waals surface area contributed by atoms with Crippen LogP contribution in [0.5, 0.6) is 11.5 Å². The zero-order valence-electron chi connectivity index (χ0n) is 26.9. The van der Waals surface area contributed by atoms with Crippen molar-refractivity contribution in [1.29, 1.82) is 0 Å². The van der Waals surface area contributed by atoms with Crippen molar-refractivity contribution in [1.82, 2.24) is 19.0 Å². The fourth-order valence-electron chi connectivity index (χ4n) is 5.35. The number of aromatic nitrogens is 2. The average Bonchev–Trinajstić information content (AvgIpc) is 3.63. The van der Waals surface area contributed by atoms with Crippen molar-refractivity contribution in [3.8, 4) is 28.4 Å². The molecule has 0 bridgehead atoms. The fraction of sp³-hybridized carbons (Fsp3) is 0.286. The third-order valence-corrected chi connectivity index (χ3v) is 11.0. The highest BCUT2D eigenvalue weighted by atomic mass is 32.2. The Morgan fingerprint density at radius 2 is 1.66 bits per heavy atom. The number of carbonyl (C=O) groups excluding carboxylic acids is 1. The number of hydrogen-bond donors (Lipinski definition) is 0. The van der Waals surface area contributed by atoms with Gasteiger partial charge in [-0.2, -0.15) is 9.40 Å². The molecule has 1 aliphatic heterocycles. The van der Waals surface area contributed by atoms with E-state index in [1.165, 1.54) is 16.1 Å². The largest absolute Gasteiger partial charge is 0.493 e. The standard InChI is InChI=1S/C35H38N4O5S3/c1-5-18-37(19-6-2)47(41,42)29-14-10-11-26(22-29)33-27(24-39(36-33)28-12-8-7-9-13-28)23-32-34(40)38(35(45)46-32)20-17-25-15-16-30(43-3)31(21-25)44-4/h7-16,21-24H,5-6,17-20H2,1-4H3/b32-23-. The highest BCUT2D eigenvalue weighted by molar-refractivity contribution is 8.26. The third-order valence-electron chi connectivity index (χ3n) is 7.69. The van der Waals surface area contributed by atoms with Crippen molar-refractivity contribution in [3.63, 3.8) is 0 Å². The smallest absolute Gasteiger partial charge is 0.266 e. The molecule has 0 aliphatic carbocycles. The summed E-state index contributed by atoms with van der Waals surface area (Å²) in [5, 5.41) is 4.88. The quantitative estimate of drug-likeness (QED) is 0.105. The number of amides is 1. The van der Waals surface area contributed by atoms with E-state index in [9.17, 15) is 13.2 Å². The second-order valence-electron chi connectivity index (χ2n) is 10.9. The first-order chi connectivity index (χ1) is 22.7. The van der Waals surface area contributed by atoms with Crippen molar-refractivity contribution < 1.29 is 22.7 Å². The molecule has 0 atom stereocenters. The van der Waals surface area contributed by atoms with Crippen molar-refractivity contribution in [2.24, 2.45) is 0 Å². The first-order valence-electron chi connectivity index (χ1n) is 15.4. The highest BCUT2D eigenvalue weighted by Gasteiger charge is 2.32. The average molecular weight is 691 g/mol. The predicted molar refractivity (Wildman–Crippen MR) is 191 cm³/mol. The van der Waals surface area contributed by atoms with Gasteiger partial charge in [0.05, 0.1) is 29.7 Å². The summed E-state index contributed by atoms with van der Waals surface area (Å²) in [4.78, 5) is 15.9. The van der Waals surface area contributed by atoms with E-state index in [1.807, 2.05) is 74.6 Å². The lowest BCUT2D eigenvalue weighted by atomic mass is 10.1. The molecule has 1 saturated heterocycles. The molecule has 3 aromatic carbocycles. The molecule has 5 rings (SSSR count). The van der Waals surface area contributed by atoms with E-state index in [2.05, 4.69) is 0 Å². The number of sulfonamides is 1. The van der Waals surface area contributed by atoms with Gasteiger partial charge in [0.15, 0.2) is 11.5 Å². The summed E-state index contributed by atoms with van der Waals surface area (Å²) in [6, 6.07) is 22.2. The Bertz CT molecular complexity index is 1880. The van der Waals surface area contributed by atoms with E-state index in [0.717, 1.165) is 24.1 Å². The molecule has 246 valence electrons. The molecular formula is C35H38N4O5S3. The molecule has 1 aromatic heterocycles. The number of thiocarbonyl (C=S) groups is 1. The summed E-state index contributed by atoms with van der Waals surface area (Å²) >= 11 is 6.88. The van der Waals surface area contributed by atoms with E-state index in [4.69, 9.17) is 26.8 Å². The van der Waals surface area contributed by atoms with Gasteiger partial charge in [0.2, 0.25) is 10.0 Å². The van der Waals surface area contributed by atoms with Crippen molar-refractivity contribution in [2.75, 3.05) is 33.9 Å². The van der Waals surface area contributed by atoms with Gasteiger partial charge in [-0.3, -0.25) is 9.69 Å². The van der Waals surface area contributed by atoms with Crippen LogP contribution in [0.15, 0.2) is 88.8 Å². The van der Waals surface area contributed by atoms with Gasteiger partial charge >= 0.3 is 0 Å². The first kappa shape index (κ1) is 34.4. The zero-order chi connectivity index (χ0) is 33.6. The number of thioether (sulfide) groups is 1. The van der Waals surface area contributed by atoms with Gasteiger partial charge in [0, 0.05) is 37.0 Å². The number of rotatable bonds is 14. The highest BCUT2D eigenvalue weighted by Crippen LogP contribution is 2.36. The zero-order valence-corrected chi connectivity index (χ0v) is 29.3. The SMILES string of the molecule is CCCN(CCC)S(=O)(=O)c1cccc(-c2nn(-c3ccccc3)cc2/C=C2\SC(=S)N(CCc3ccc(OC)c(OC)c3)C2=O)c1. The summed E-state index contributed by atoms with van der Waals surface area (Å²) in [6.45, 7) is 5.23. The van der Waals surface area contributed by atoms with E-state index in [-0.39, 0.29) is 10.8 Å². The van der Waals surface area contributed by atoms with Crippen LogP contribution in [0.2, 0.25) is 0 Å². The van der Waals surface area contributed by atoms with Crippen molar-refractivity contribution in [3.05, 3.63) is 95.0 Å². The maximum Gasteiger partial charge on any atom is 0.266 e. The van der Waals surface area contributed by atoms with Gasteiger partial charge in [0.25, 0.3) is 5.91 Å². The number of carbonyl (C=O) groups is 1. The number of para-hydroxylation sites is 1. The van der Waals surface area contributed by atoms with Crippen LogP contribution in [0.3, 0.4) is 0 Å². The summed E-state index contributed by atoms with van der Waals surface area (Å²) in [7, 11) is -0.533. The molecule has 4 aromatic rings. The number of hydrogen-bond acceptors (Lipinski definition) is 8. The number of benzene rings is 3. The topological polar surface area (TPSA) is 94.0 Å². The molecule has 1 aliphatic rings. The van der Waals surface area contributed by atoms with Gasteiger partial charge in [-0.05, 0) is 67.3 Å². The molecular weight excluding hydrogens is 653 g/mol. The van der Waals surface area contributed by atoms with Gasteiger partial charge < -0.3 is 9.47 Å². The maximum absolute atomic E-state index is 13.7. The minimum atomic E-state index is -3.71. The molecule has 47 heavy (non-hydrogen) atoms. The molecule has 1 fully saturated rings. The molecule has 1 amide bonds. The van der Waals surface area contributed by atoms with Gasteiger partial charge in [-0.25, -0.2) is 13.1 Å². The van der Waals surface area contributed by atoms with Crippen LogP contribution in [-0.4, -0.2) is 71.5 Å². The van der Waals surface area contributed by atoms with Crippen molar-refractivity contribution in [2.45, 2.75) is 38.0 Å². The number of methoxy groups -OCH3 is 2. The second-order valence-corrected chi connectivity index (χ2v) is 14.5. The fourth-order valence-corrected chi connectivity index (χ4v) is 8.32. The summed E-state index contributed by atoms with van der Waals surface area (Å²) < 4.78 is 41.8. The lowest BCUT2D eigenvalue weighted by Crippen LogP contribution is -2.32. The van der Waals surface area contributed by atoms with E-state index in [1.54, 1.807) is 48.1 Å². The maximum atomic E-state index is 13.7. The van der Waals surface area contributed by atoms with E-state index in [0.29, 0.717) is 63.6 Å². The Hall–Kier alpha value is -3.97. The molecule has 0 N–H and O–H groups in total. The normalized spacial score (nSPS) is 14.4. The minimum Gasteiger partial charge on any atom is -0.493 e. The number of ether oxygens (including phenoxy) is 2. The van der Waals surface area contributed by atoms with Crippen LogP contribution in [0.1, 0.15) is 37.8 Å². The van der Waals surface area contributed by atoms with Crippen LogP contribution >= 0.6 is 24.0 Å².